The third-order valence-corrected chi connectivity index (χ3v) is 14.3. The number of anilines is 1. The Morgan fingerprint density at radius 1 is 0.837 bits per heavy atom. The first kappa shape index (κ1) is 34.5. The zero-order chi connectivity index (χ0) is 35.0. The molecule has 5 aromatic rings. The lowest BCUT2D eigenvalue weighted by molar-refractivity contribution is -0.0940. The number of rotatable bonds is 11. The third kappa shape index (κ3) is 6.42. The quantitative estimate of drug-likeness (QED) is 0.125. The molecule has 0 bridgehead atoms. The van der Waals surface area contributed by atoms with Gasteiger partial charge < -0.3 is 34.2 Å². The molecular weight excluding hydrogens is 639 g/mol. The predicted molar refractivity (Wildman–Crippen MR) is 190 cm³/mol. The molecule has 1 saturated heterocycles. The fourth-order valence-corrected chi connectivity index (χ4v) is 7.35. The van der Waals surface area contributed by atoms with E-state index >= 15 is 0 Å². The molecule has 2 aromatic heterocycles. The molecule has 4 atom stereocenters. The van der Waals surface area contributed by atoms with Gasteiger partial charge in [0.2, 0.25) is 0 Å². The fraction of sp³-hybridized carbons (Fsp3) is 0.378. The van der Waals surface area contributed by atoms with E-state index in [0.717, 1.165) is 28.2 Å². The first-order chi connectivity index (χ1) is 23.4. The number of methoxy groups -OCH3 is 2. The summed E-state index contributed by atoms with van der Waals surface area (Å²) in [5, 5.41) is 12.0. The number of imidazole rings is 1. The molecule has 12 heteroatoms. The van der Waals surface area contributed by atoms with Gasteiger partial charge in [-0.2, -0.15) is 0 Å². The maximum Gasteiger partial charge on any atom is 0.192 e. The third-order valence-electron chi connectivity index (χ3n) is 9.85. The molecule has 0 aliphatic carbocycles. The molecule has 1 aliphatic rings. The number of benzene rings is 3. The van der Waals surface area contributed by atoms with Crippen LogP contribution >= 0.6 is 0 Å². The SMILES string of the molecule is COc1ccc(C(OC[C@H]2O[C@@H](n3cnc4c(N)ncnc43)[C@@H](O[Si](C)(C)C(C)(C)C)C2O)(c2ccccc2)c2ccc(OC)cc2)cc1. The molecule has 0 radical (unpaired) electrons. The Morgan fingerprint density at radius 3 is 1.96 bits per heavy atom. The van der Waals surface area contributed by atoms with E-state index < -0.39 is 38.5 Å². The minimum Gasteiger partial charge on any atom is -0.497 e. The van der Waals surface area contributed by atoms with Crippen LogP contribution in [-0.4, -0.2) is 72.1 Å². The predicted octanol–water partition coefficient (Wildman–Crippen LogP) is 6.08. The number of aliphatic hydroxyl groups is 1. The molecule has 3 aromatic carbocycles. The van der Waals surface area contributed by atoms with Gasteiger partial charge >= 0.3 is 0 Å². The molecule has 0 amide bonds. The summed E-state index contributed by atoms with van der Waals surface area (Å²) in [4.78, 5) is 13.0. The highest BCUT2D eigenvalue weighted by Crippen LogP contribution is 2.45. The molecular formula is C37H45N5O6Si. The van der Waals surface area contributed by atoms with Gasteiger partial charge in [-0.15, -0.1) is 0 Å². The van der Waals surface area contributed by atoms with Crippen LogP contribution in [0.1, 0.15) is 43.7 Å². The van der Waals surface area contributed by atoms with Crippen molar-refractivity contribution in [3.8, 4) is 11.5 Å². The van der Waals surface area contributed by atoms with Crippen molar-refractivity contribution in [3.63, 3.8) is 0 Å². The van der Waals surface area contributed by atoms with E-state index in [-0.39, 0.29) is 17.5 Å². The fourth-order valence-electron chi connectivity index (χ4n) is 6.06. The van der Waals surface area contributed by atoms with Crippen molar-refractivity contribution in [2.24, 2.45) is 0 Å². The molecule has 1 unspecified atom stereocenters. The number of hydrogen-bond acceptors (Lipinski definition) is 10. The summed E-state index contributed by atoms with van der Waals surface area (Å²) in [6.45, 7) is 10.8. The molecule has 3 N–H and O–H groups in total. The lowest BCUT2D eigenvalue weighted by atomic mass is 9.80. The highest BCUT2D eigenvalue weighted by atomic mass is 28.4. The topological polar surface area (TPSA) is 136 Å². The van der Waals surface area contributed by atoms with E-state index in [2.05, 4.69) is 48.8 Å². The average molecular weight is 684 g/mol. The Labute approximate surface area is 288 Å². The lowest BCUT2D eigenvalue weighted by Crippen LogP contribution is -2.49. The van der Waals surface area contributed by atoms with E-state index in [0.29, 0.717) is 11.2 Å². The first-order valence-electron chi connectivity index (χ1n) is 16.3. The molecule has 6 rings (SSSR count). The molecule has 3 heterocycles. The van der Waals surface area contributed by atoms with Gasteiger partial charge in [-0.25, -0.2) is 15.0 Å². The Morgan fingerprint density at radius 2 is 1.41 bits per heavy atom. The number of ether oxygens (including phenoxy) is 4. The smallest absolute Gasteiger partial charge is 0.192 e. The van der Waals surface area contributed by atoms with Crippen LogP contribution in [0.15, 0.2) is 91.5 Å². The van der Waals surface area contributed by atoms with Gasteiger partial charge in [0.05, 0.1) is 27.2 Å². The van der Waals surface area contributed by atoms with Crippen LogP contribution in [0.2, 0.25) is 18.1 Å². The van der Waals surface area contributed by atoms with Crippen molar-refractivity contribution >= 4 is 25.3 Å². The van der Waals surface area contributed by atoms with Gasteiger partial charge in [0.15, 0.2) is 26.0 Å². The van der Waals surface area contributed by atoms with Crippen LogP contribution in [0, 0.1) is 0 Å². The summed E-state index contributed by atoms with van der Waals surface area (Å²) in [5.74, 6) is 1.71. The van der Waals surface area contributed by atoms with E-state index in [1.807, 2.05) is 78.9 Å². The Balaban J connectivity index is 1.43. The summed E-state index contributed by atoms with van der Waals surface area (Å²) in [6, 6.07) is 25.7. The maximum absolute atomic E-state index is 12.1. The van der Waals surface area contributed by atoms with Crippen molar-refractivity contribution in [1.82, 2.24) is 19.5 Å². The first-order valence-corrected chi connectivity index (χ1v) is 19.2. The minimum atomic E-state index is -2.41. The molecule has 0 saturated carbocycles. The zero-order valence-corrected chi connectivity index (χ0v) is 30.0. The number of nitrogens with two attached hydrogens (primary N) is 1. The van der Waals surface area contributed by atoms with Crippen molar-refractivity contribution in [2.45, 2.75) is 69.0 Å². The van der Waals surface area contributed by atoms with E-state index in [4.69, 9.17) is 29.1 Å². The number of nitrogens with zero attached hydrogens (tertiary/aromatic N) is 4. The highest BCUT2D eigenvalue weighted by molar-refractivity contribution is 6.74. The summed E-state index contributed by atoms with van der Waals surface area (Å²) in [6.07, 6.45) is -0.321. The van der Waals surface area contributed by atoms with Gasteiger partial charge in [0, 0.05) is 0 Å². The monoisotopic (exact) mass is 683 g/mol. The van der Waals surface area contributed by atoms with Crippen molar-refractivity contribution in [3.05, 3.63) is 108 Å². The lowest BCUT2D eigenvalue weighted by Gasteiger charge is -2.40. The second-order valence-electron chi connectivity index (χ2n) is 13.8. The van der Waals surface area contributed by atoms with Gasteiger partial charge in [-0.05, 0) is 59.1 Å². The molecule has 1 fully saturated rings. The van der Waals surface area contributed by atoms with Gasteiger partial charge in [0.25, 0.3) is 0 Å². The second kappa shape index (κ2) is 13.5. The molecule has 11 nitrogen and oxygen atoms in total. The summed E-state index contributed by atoms with van der Waals surface area (Å²) >= 11 is 0. The summed E-state index contributed by atoms with van der Waals surface area (Å²) in [5.41, 5.74) is 8.62. The van der Waals surface area contributed by atoms with Crippen LogP contribution in [0.25, 0.3) is 11.2 Å². The van der Waals surface area contributed by atoms with Crippen LogP contribution in [0.3, 0.4) is 0 Å². The van der Waals surface area contributed by atoms with Crippen molar-refractivity contribution in [2.75, 3.05) is 26.6 Å². The molecule has 258 valence electrons. The van der Waals surface area contributed by atoms with Gasteiger partial charge in [0.1, 0.15) is 47.3 Å². The number of hydrogen-bond donors (Lipinski definition) is 2. The second-order valence-corrected chi connectivity index (χ2v) is 18.6. The van der Waals surface area contributed by atoms with Gasteiger partial charge in [-0.1, -0.05) is 75.4 Å². The molecule has 1 aliphatic heterocycles. The number of nitrogen functional groups attached to an aromatic ring is 1. The summed E-state index contributed by atoms with van der Waals surface area (Å²) < 4.78 is 33.5. The van der Waals surface area contributed by atoms with E-state index in [9.17, 15) is 5.11 Å². The largest absolute Gasteiger partial charge is 0.497 e. The average Bonchev–Trinajstić information content (AvgIpc) is 3.66. The standard InChI is InChI=1S/C37H45N5O6Si/c1-36(2,3)49(6,7)48-32-31(43)29(47-35(32)42-23-41-30-33(38)39-22-40-34(30)42)21-46-37(24-11-9-8-10-12-24,25-13-17-27(44-4)18-14-25)26-15-19-28(45-5)20-16-26/h8-20,22-23,29,31-32,35,43H,21H2,1-7H3,(H2,38,39,40)/t29-,31?,32+,35-/m1/s1. The van der Waals surface area contributed by atoms with Crippen LogP contribution in [-0.2, 0) is 19.5 Å². The Bertz CT molecular complexity index is 1810. The molecule has 49 heavy (non-hydrogen) atoms. The maximum atomic E-state index is 12.1. The van der Waals surface area contributed by atoms with Crippen LogP contribution in [0.5, 0.6) is 11.5 Å². The Hall–Kier alpha value is -4.33. The van der Waals surface area contributed by atoms with E-state index in [1.165, 1.54) is 6.33 Å². The van der Waals surface area contributed by atoms with Crippen LogP contribution in [0.4, 0.5) is 5.82 Å². The number of aromatic nitrogens is 4. The van der Waals surface area contributed by atoms with E-state index in [1.54, 1.807) is 25.1 Å². The normalized spacial score (nSPS) is 20.1. The van der Waals surface area contributed by atoms with Crippen molar-refractivity contribution < 1.29 is 28.5 Å². The van der Waals surface area contributed by atoms with Gasteiger partial charge in [-0.3, -0.25) is 4.57 Å². The number of fused-ring (bicyclic) bond motifs is 1. The van der Waals surface area contributed by atoms with Crippen LogP contribution < -0.4 is 15.2 Å². The highest BCUT2D eigenvalue weighted by Gasteiger charge is 2.52. The minimum absolute atomic E-state index is 0.0196. The summed E-state index contributed by atoms with van der Waals surface area (Å²) in [7, 11) is 0.874. The Kier molecular flexibility index (Phi) is 9.53. The number of aliphatic hydroxyl groups excluding tert-OH is 1. The van der Waals surface area contributed by atoms with Crippen molar-refractivity contribution in [1.29, 1.82) is 0 Å². The molecule has 0 spiro atoms. The zero-order valence-electron chi connectivity index (χ0n) is 29.0.